The fourth-order valence-corrected chi connectivity index (χ4v) is 4.81. The van der Waals surface area contributed by atoms with Gasteiger partial charge in [0.2, 0.25) is 6.79 Å². The molecule has 2 aliphatic rings. The number of nitro groups is 1. The van der Waals surface area contributed by atoms with Crippen molar-refractivity contribution >= 4 is 46.3 Å². The molecular weight excluding hydrogens is 496 g/mol. The number of benzene rings is 2. The van der Waals surface area contributed by atoms with E-state index in [4.69, 9.17) is 25.5 Å². The first-order valence-electron chi connectivity index (χ1n) is 10.4. The van der Waals surface area contributed by atoms with Gasteiger partial charge in [0.15, 0.2) is 11.5 Å². The van der Waals surface area contributed by atoms with Gasteiger partial charge >= 0.3 is 0 Å². The highest BCUT2D eigenvalue weighted by atomic mass is 35.5. The Bertz CT molecular complexity index is 1450. The number of hydrogen-bond acceptors (Lipinski definition) is 8. The van der Waals surface area contributed by atoms with E-state index in [2.05, 4.69) is 0 Å². The molecule has 0 bridgehead atoms. The van der Waals surface area contributed by atoms with Crippen molar-refractivity contribution in [1.82, 2.24) is 4.90 Å². The number of rotatable bonds is 5. The zero-order valence-electron chi connectivity index (χ0n) is 18.5. The van der Waals surface area contributed by atoms with E-state index in [1.807, 2.05) is 0 Å². The van der Waals surface area contributed by atoms with Gasteiger partial charge in [0.25, 0.3) is 16.8 Å². The van der Waals surface area contributed by atoms with Crippen molar-refractivity contribution < 1.29 is 28.4 Å². The van der Waals surface area contributed by atoms with Crippen LogP contribution in [0, 0.1) is 24.0 Å². The number of hydrogen-bond donors (Lipinski definition) is 0. The summed E-state index contributed by atoms with van der Waals surface area (Å²) in [5, 5.41) is 11.3. The van der Waals surface area contributed by atoms with E-state index in [0.29, 0.717) is 44.7 Å². The maximum atomic E-state index is 12.9. The summed E-state index contributed by atoms with van der Waals surface area (Å²) in [4.78, 5) is 37.7. The monoisotopic (exact) mass is 512 g/mol. The largest absolute Gasteiger partial charge is 0.457 e. The Hall–Kier alpha value is -3.76. The summed E-state index contributed by atoms with van der Waals surface area (Å²) in [5.74, 6) is 1.28. The summed E-state index contributed by atoms with van der Waals surface area (Å²) in [5.41, 5.74) is 2.44. The maximum Gasteiger partial charge on any atom is 0.293 e. The van der Waals surface area contributed by atoms with Gasteiger partial charge in [-0.1, -0.05) is 11.6 Å². The second-order valence-electron chi connectivity index (χ2n) is 7.96. The molecule has 3 heterocycles. The Balaban J connectivity index is 1.38. The van der Waals surface area contributed by atoms with E-state index in [1.54, 1.807) is 44.2 Å². The molecule has 2 aromatic carbocycles. The average molecular weight is 513 g/mol. The van der Waals surface area contributed by atoms with Gasteiger partial charge in [0.05, 0.1) is 16.4 Å². The third kappa shape index (κ3) is 4.26. The minimum absolute atomic E-state index is 0.00116. The van der Waals surface area contributed by atoms with E-state index in [1.165, 1.54) is 12.1 Å². The molecule has 9 nitrogen and oxygen atoms in total. The number of imide groups is 1. The van der Waals surface area contributed by atoms with Gasteiger partial charge in [0, 0.05) is 34.4 Å². The third-order valence-electron chi connectivity index (χ3n) is 5.76. The van der Waals surface area contributed by atoms with Crippen LogP contribution in [0.4, 0.5) is 10.5 Å². The van der Waals surface area contributed by atoms with Crippen LogP contribution in [0.1, 0.15) is 22.5 Å². The van der Waals surface area contributed by atoms with E-state index >= 15 is 0 Å². The van der Waals surface area contributed by atoms with Gasteiger partial charge in [-0.2, -0.15) is 0 Å². The van der Waals surface area contributed by atoms with Gasteiger partial charge in [-0.25, -0.2) is 0 Å². The standard InChI is InChI=1S/C24H17ClN2O7S/c1-12-5-14(6-18(13(12)2)27(30)31)19-4-3-16(34-19)8-22-23(28)26(24(29)35-22)10-15-7-20-21(9-17(15)25)33-11-32-20/h3-9H,10-11H2,1-2H3/b22-8-. The number of halogens is 1. The molecule has 1 saturated heterocycles. The van der Waals surface area contributed by atoms with E-state index in [0.717, 1.165) is 22.2 Å². The van der Waals surface area contributed by atoms with Gasteiger partial charge < -0.3 is 13.9 Å². The van der Waals surface area contributed by atoms with Crippen LogP contribution < -0.4 is 9.47 Å². The molecule has 0 spiro atoms. The van der Waals surface area contributed by atoms with Crippen molar-refractivity contribution in [3.8, 4) is 22.8 Å². The van der Waals surface area contributed by atoms with Crippen molar-refractivity contribution in [3.05, 3.63) is 78.9 Å². The van der Waals surface area contributed by atoms with E-state index < -0.39 is 16.1 Å². The van der Waals surface area contributed by atoms with Crippen LogP contribution in [0.15, 0.2) is 45.7 Å². The lowest BCUT2D eigenvalue weighted by Crippen LogP contribution is -2.27. The topological polar surface area (TPSA) is 112 Å². The normalized spacial score (nSPS) is 16.0. The number of aryl methyl sites for hydroxylation is 1. The Morgan fingerprint density at radius 2 is 1.89 bits per heavy atom. The lowest BCUT2D eigenvalue weighted by molar-refractivity contribution is -0.385. The van der Waals surface area contributed by atoms with Crippen LogP contribution >= 0.6 is 23.4 Å². The number of nitro benzene ring substituents is 1. The molecule has 11 heteroatoms. The molecular formula is C24H17ClN2O7S. The molecule has 0 radical (unpaired) electrons. The van der Waals surface area contributed by atoms with Crippen molar-refractivity contribution in [2.75, 3.05) is 6.79 Å². The number of carbonyl (C=O) groups excluding carboxylic acids is 2. The number of fused-ring (bicyclic) bond motifs is 1. The minimum atomic E-state index is -0.478. The molecule has 178 valence electrons. The molecule has 0 aliphatic carbocycles. The Kier molecular flexibility index (Phi) is 5.78. The highest BCUT2D eigenvalue weighted by Gasteiger charge is 2.36. The summed E-state index contributed by atoms with van der Waals surface area (Å²) in [6.07, 6.45) is 1.48. The number of nitrogens with zero attached hydrogens (tertiary/aromatic N) is 2. The van der Waals surface area contributed by atoms with E-state index in [-0.39, 0.29) is 23.9 Å². The fourth-order valence-electron chi connectivity index (χ4n) is 3.77. The number of amides is 2. The lowest BCUT2D eigenvalue weighted by Gasteiger charge is -2.14. The van der Waals surface area contributed by atoms with Gasteiger partial charge in [-0.05, 0) is 61.0 Å². The predicted molar refractivity (Wildman–Crippen MR) is 129 cm³/mol. The van der Waals surface area contributed by atoms with Crippen molar-refractivity contribution in [1.29, 1.82) is 0 Å². The molecule has 2 amide bonds. The number of furan rings is 1. The van der Waals surface area contributed by atoms with Gasteiger partial charge in [-0.3, -0.25) is 24.6 Å². The first-order chi connectivity index (χ1) is 16.7. The van der Waals surface area contributed by atoms with E-state index in [9.17, 15) is 19.7 Å². The van der Waals surface area contributed by atoms with Crippen molar-refractivity contribution in [2.24, 2.45) is 0 Å². The Labute approximate surface area is 208 Å². The maximum absolute atomic E-state index is 12.9. The second kappa shape index (κ2) is 8.79. The Morgan fingerprint density at radius 1 is 1.14 bits per heavy atom. The summed E-state index contributed by atoms with van der Waals surface area (Å²) in [6, 6.07) is 9.80. The zero-order valence-corrected chi connectivity index (χ0v) is 20.1. The van der Waals surface area contributed by atoms with Gasteiger partial charge in [0.1, 0.15) is 11.5 Å². The molecule has 0 N–H and O–H groups in total. The summed E-state index contributed by atoms with van der Waals surface area (Å²) in [7, 11) is 0. The average Bonchev–Trinajstić information content (AvgIpc) is 3.52. The minimum Gasteiger partial charge on any atom is -0.457 e. The first kappa shape index (κ1) is 23.0. The van der Waals surface area contributed by atoms with Crippen LogP contribution in [0.2, 0.25) is 5.02 Å². The van der Waals surface area contributed by atoms with Crippen LogP contribution in [0.3, 0.4) is 0 Å². The Morgan fingerprint density at radius 3 is 2.63 bits per heavy atom. The SMILES string of the molecule is Cc1cc(-c2ccc(/C=C3\SC(=O)N(Cc4cc5c(cc4Cl)OCO5)C3=O)o2)cc([N+](=O)[O-])c1C. The quantitative estimate of drug-likeness (QED) is 0.229. The molecule has 3 aromatic rings. The second-order valence-corrected chi connectivity index (χ2v) is 9.36. The highest BCUT2D eigenvalue weighted by molar-refractivity contribution is 8.18. The van der Waals surface area contributed by atoms with Gasteiger partial charge in [-0.15, -0.1) is 0 Å². The van der Waals surface area contributed by atoms with Crippen LogP contribution in [-0.4, -0.2) is 27.8 Å². The smallest absolute Gasteiger partial charge is 0.293 e. The lowest BCUT2D eigenvalue weighted by atomic mass is 10.0. The molecule has 1 aromatic heterocycles. The molecule has 2 aliphatic heterocycles. The molecule has 0 saturated carbocycles. The van der Waals surface area contributed by atoms with Crippen LogP contribution in [-0.2, 0) is 11.3 Å². The molecule has 0 unspecified atom stereocenters. The molecule has 0 atom stereocenters. The van der Waals surface area contributed by atoms with Crippen molar-refractivity contribution in [3.63, 3.8) is 0 Å². The van der Waals surface area contributed by atoms with Crippen LogP contribution in [0.25, 0.3) is 17.4 Å². The van der Waals surface area contributed by atoms with Crippen LogP contribution in [0.5, 0.6) is 11.5 Å². The summed E-state index contributed by atoms with van der Waals surface area (Å²) >= 11 is 7.09. The molecule has 35 heavy (non-hydrogen) atoms. The summed E-state index contributed by atoms with van der Waals surface area (Å²) < 4.78 is 16.5. The third-order valence-corrected chi connectivity index (χ3v) is 7.02. The van der Waals surface area contributed by atoms with Crippen molar-refractivity contribution in [2.45, 2.75) is 20.4 Å². The number of ether oxygens (including phenoxy) is 2. The first-order valence-corrected chi connectivity index (χ1v) is 11.6. The highest BCUT2D eigenvalue weighted by Crippen LogP contribution is 2.40. The summed E-state index contributed by atoms with van der Waals surface area (Å²) in [6.45, 7) is 3.54. The number of carbonyl (C=O) groups is 2. The predicted octanol–water partition coefficient (Wildman–Crippen LogP) is 6.09. The molecule has 5 rings (SSSR count). The number of thioether (sulfide) groups is 1. The molecule has 1 fully saturated rings. The fraction of sp³-hybridized carbons (Fsp3) is 0.167. The zero-order chi connectivity index (χ0) is 24.9.